The molecule has 0 aliphatic heterocycles. The smallest absolute Gasteiger partial charge is 0.282 e. The minimum Gasteiger partial charge on any atom is -0.502 e. The van der Waals surface area contributed by atoms with Gasteiger partial charge in [-0.05, 0) is 0 Å². The zero-order chi connectivity index (χ0) is 12.5. The quantitative estimate of drug-likeness (QED) is 0.848. The van der Waals surface area contributed by atoms with E-state index in [4.69, 9.17) is 10.7 Å². The second-order valence-corrected chi connectivity index (χ2v) is 5.12. The van der Waals surface area contributed by atoms with Crippen molar-refractivity contribution in [3.63, 3.8) is 0 Å². The standard InChI is InChI=1S/C7H6ClF2NO4S/c1-15-4-2-3(6(9)10)11-7(5(4)12)16(8,13)14/h2,6,12H,1H3. The van der Waals surface area contributed by atoms with E-state index < -0.39 is 37.7 Å². The second kappa shape index (κ2) is 4.38. The molecule has 0 aliphatic carbocycles. The Hall–Kier alpha value is -1.15. The number of pyridine rings is 1. The van der Waals surface area contributed by atoms with Gasteiger partial charge in [-0.1, -0.05) is 0 Å². The number of hydrogen-bond donors (Lipinski definition) is 1. The van der Waals surface area contributed by atoms with Crippen molar-refractivity contribution in [2.45, 2.75) is 11.5 Å². The third kappa shape index (κ3) is 2.50. The summed E-state index contributed by atoms with van der Waals surface area (Å²) in [7, 11) is 1.57. The van der Waals surface area contributed by atoms with Gasteiger partial charge >= 0.3 is 0 Å². The molecule has 1 rings (SSSR count). The van der Waals surface area contributed by atoms with Crippen LogP contribution >= 0.6 is 10.7 Å². The maximum Gasteiger partial charge on any atom is 0.282 e. The molecule has 1 aromatic heterocycles. The maximum atomic E-state index is 12.3. The van der Waals surface area contributed by atoms with Crippen molar-refractivity contribution in [2.75, 3.05) is 7.11 Å². The van der Waals surface area contributed by atoms with Gasteiger partial charge in [-0.3, -0.25) is 0 Å². The molecule has 0 aromatic carbocycles. The third-order valence-corrected chi connectivity index (χ3v) is 2.81. The number of hydrogen-bond acceptors (Lipinski definition) is 5. The zero-order valence-corrected chi connectivity index (χ0v) is 9.39. The summed E-state index contributed by atoms with van der Waals surface area (Å²) in [5, 5.41) is 8.28. The lowest BCUT2D eigenvalue weighted by atomic mass is 10.3. The number of methoxy groups -OCH3 is 1. The van der Waals surface area contributed by atoms with Crippen molar-refractivity contribution < 1.29 is 27.0 Å². The lowest BCUT2D eigenvalue weighted by molar-refractivity contribution is 0.144. The van der Waals surface area contributed by atoms with Crippen molar-refractivity contribution in [1.82, 2.24) is 4.98 Å². The van der Waals surface area contributed by atoms with Gasteiger partial charge in [0.05, 0.1) is 7.11 Å². The maximum absolute atomic E-state index is 12.3. The molecule has 0 bridgehead atoms. The summed E-state index contributed by atoms with van der Waals surface area (Å²) in [4.78, 5) is 3.05. The van der Waals surface area contributed by atoms with Gasteiger partial charge in [0.1, 0.15) is 5.69 Å². The molecule has 0 spiro atoms. The number of aromatic hydroxyl groups is 1. The molecular formula is C7H6ClF2NO4S. The molecule has 0 saturated carbocycles. The molecule has 1 N–H and O–H groups in total. The molecule has 0 amide bonds. The van der Waals surface area contributed by atoms with Crippen LogP contribution in [0.4, 0.5) is 8.78 Å². The van der Waals surface area contributed by atoms with Crippen LogP contribution in [0, 0.1) is 0 Å². The second-order valence-electron chi connectivity index (χ2n) is 2.64. The van der Waals surface area contributed by atoms with Crippen LogP contribution in [0.5, 0.6) is 11.5 Å². The van der Waals surface area contributed by atoms with Crippen LogP contribution in [0.25, 0.3) is 0 Å². The molecule has 0 atom stereocenters. The van der Waals surface area contributed by atoms with Gasteiger partial charge in [-0.2, -0.15) is 0 Å². The molecule has 0 aliphatic rings. The van der Waals surface area contributed by atoms with Gasteiger partial charge in [-0.25, -0.2) is 22.2 Å². The van der Waals surface area contributed by atoms with Crippen LogP contribution in [0.15, 0.2) is 11.1 Å². The molecule has 1 heterocycles. The van der Waals surface area contributed by atoms with E-state index in [-0.39, 0.29) is 0 Å². The molecule has 9 heteroatoms. The minimum atomic E-state index is -4.42. The fraction of sp³-hybridized carbons (Fsp3) is 0.286. The number of alkyl halides is 2. The van der Waals surface area contributed by atoms with E-state index in [1.807, 2.05) is 0 Å². The Bertz CT molecular complexity index is 505. The van der Waals surface area contributed by atoms with Crippen LogP contribution < -0.4 is 4.74 Å². The number of halogens is 3. The monoisotopic (exact) mass is 273 g/mol. The summed E-state index contributed by atoms with van der Waals surface area (Å²) in [6.07, 6.45) is -3.01. The molecule has 5 nitrogen and oxygen atoms in total. The van der Waals surface area contributed by atoms with Crippen LogP contribution in [0.2, 0.25) is 0 Å². The minimum absolute atomic E-state index is 0.440. The molecule has 0 fully saturated rings. The van der Waals surface area contributed by atoms with Crippen molar-refractivity contribution >= 4 is 19.7 Å². The van der Waals surface area contributed by atoms with Crippen LogP contribution in [0.1, 0.15) is 12.1 Å². The summed E-state index contributed by atoms with van der Waals surface area (Å²) in [5.41, 5.74) is -0.853. The first kappa shape index (κ1) is 12.9. The first-order valence-corrected chi connectivity index (χ1v) is 6.09. The number of aromatic nitrogens is 1. The van der Waals surface area contributed by atoms with Gasteiger partial charge in [0.15, 0.2) is 11.5 Å². The lowest BCUT2D eigenvalue weighted by Gasteiger charge is -2.08. The largest absolute Gasteiger partial charge is 0.502 e. The van der Waals surface area contributed by atoms with Crippen LogP contribution in [0.3, 0.4) is 0 Å². The van der Waals surface area contributed by atoms with Crippen LogP contribution in [-0.2, 0) is 9.05 Å². The summed E-state index contributed by atoms with van der Waals surface area (Å²) in [6.45, 7) is 0. The highest BCUT2D eigenvalue weighted by Gasteiger charge is 2.25. The van der Waals surface area contributed by atoms with Crippen LogP contribution in [-0.4, -0.2) is 25.6 Å². The summed E-state index contributed by atoms with van der Waals surface area (Å²) >= 11 is 0. The average Bonchev–Trinajstić information content (AvgIpc) is 2.15. The van der Waals surface area contributed by atoms with E-state index in [9.17, 15) is 22.3 Å². The first-order chi connectivity index (χ1) is 7.27. The Morgan fingerprint density at radius 3 is 2.50 bits per heavy atom. The predicted octanol–water partition coefficient (Wildman–Crippen LogP) is 1.66. The molecule has 0 unspecified atom stereocenters. The van der Waals surface area contributed by atoms with E-state index in [1.165, 1.54) is 0 Å². The van der Waals surface area contributed by atoms with E-state index in [0.29, 0.717) is 0 Å². The normalized spacial score (nSPS) is 11.8. The third-order valence-electron chi connectivity index (χ3n) is 1.62. The van der Waals surface area contributed by atoms with Gasteiger partial charge in [0.2, 0.25) is 5.03 Å². The fourth-order valence-electron chi connectivity index (χ4n) is 0.948. The van der Waals surface area contributed by atoms with E-state index in [0.717, 1.165) is 13.2 Å². The SMILES string of the molecule is COc1cc(C(F)F)nc(S(=O)(=O)Cl)c1O. The fourth-order valence-corrected chi connectivity index (χ4v) is 1.82. The van der Waals surface area contributed by atoms with Gasteiger partial charge in [0.25, 0.3) is 15.5 Å². The van der Waals surface area contributed by atoms with Crippen molar-refractivity contribution in [2.24, 2.45) is 0 Å². The van der Waals surface area contributed by atoms with Crippen molar-refractivity contribution in [1.29, 1.82) is 0 Å². The number of rotatable bonds is 3. The molecule has 0 radical (unpaired) electrons. The molecule has 0 saturated heterocycles. The van der Waals surface area contributed by atoms with E-state index in [1.54, 1.807) is 0 Å². The Morgan fingerprint density at radius 1 is 1.56 bits per heavy atom. The van der Waals surface area contributed by atoms with Crippen molar-refractivity contribution in [3.05, 3.63) is 11.8 Å². The Labute approximate surface area is 94.1 Å². The summed E-state index contributed by atoms with van der Waals surface area (Å²) in [5.74, 6) is -1.34. The highest BCUT2D eigenvalue weighted by Crippen LogP contribution is 2.36. The topological polar surface area (TPSA) is 76.5 Å². The molecule has 16 heavy (non-hydrogen) atoms. The van der Waals surface area contributed by atoms with E-state index >= 15 is 0 Å². The highest BCUT2D eigenvalue weighted by atomic mass is 35.7. The highest BCUT2D eigenvalue weighted by molar-refractivity contribution is 8.13. The van der Waals surface area contributed by atoms with E-state index in [2.05, 4.69) is 9.72 Å². The predicted molar refractivity (Wildman–Crippen MR) is 50.4 cm³/mol. The number of ether oxygens (including phenoxy) is 1. The van der Waals surface area contributed by atoms with Gasteiger partial charge in [-0.15, -0.1) is 0 Å². The Balaban J connectivity index is 3.55. The lowest BCUT2D eigenvalue weighted by Crippen LogP contribution is -2.02. The molecular weight excluding hydrogens is 268 g/mol. The molecule has 90 valence electrons. The average molecular weight is 274 g/mol. The molecule has 1 aromatic rings. The first-order valence-electron chi connectivity index (χ1n) is 3.78. The number of nitrogens with zero attached hydrogens (tertiary/aromatic N) is 1. The van der Waals surface area contributed by atoms with Crippen molar-refractivity contribution in [3.8, 4) is 11.5 Å². The van der Waals surface area contributed by atoms with Gasteiger partial charge < -0.3 is 9.84 Å². The summed E-state index contributed by atoms with van der Waals surface area (Å²) < 4.78 is 51.1. The summed E-state index contributed by atoms with van der Waals surface area (Å²) in [6, 6.07) is 0.728. The zero-order valence-electron chi connectivity index (χ0n) is 7.82. The van der Waals surface area contributed by atoms with Gasteiger partial charge in [0, 0.05) is 16.7 Å². The Morgan fingerprint density at radius 2 is 2.12 bits per heavy atom. The Kier molecular flexibility index (Phi) is 3.54.